The number of nitrogens with zero attached hydrogens (tertiary/aromatic N) is 4. The normalized spacial score (nSPS) is 15.6. The van der Waals surface area contributed by atoms with Crippen LogP contribution in [0.5, 0.6) is 0 Å². The van der Waals surface area contributed by atoms with E-state index in [-0.39, 0.29) is 31.1 Å². The van der Waals surface area contributed by atoms with Gasteiger partial charge < -0.3 is 15.5 Å². The number of anilines is 1. The number of benzene rings is 1. The fourth-order valence-corrected chi connectivity index (χ4v) is 3.89. The summed E-state index contributed by atoms with van der Waals surface area (Å²) in [5.41, 5.74) is 4.29. The maximum atomic E-state index is 12.6. The summed E-state index contributed by atoms with van der Waals surface area (Å²) in [6.07, 6.45) is -2.62. The average molecular weight is 500 g/mol. The molecule has 1 atom stereocenters. The number of likely N-dealkylation sites (tertiary alicyclic amines) is 1. The van der Waals surface area contributed by atoms with Crippen molar-refractivity contribution in [3.63, 3.8) is 0 Å². The number of pyridine rings is 1. The van der Waals surface area contributed by atoms with Crippen LogP contribution in [0.2, 0.25) is 0 Å². The van der Waals surface area contributed by atoms with Crippen LogP contribution >= 0.6 is 0 Å². The molecule has 9 nitrogen and oxygen atoms in total. The zero-order valence-corrected chi connectivity index (χ0v) is 19.5. The van der Waals surface area contributed by atoms with Crippen molar-refractivity contribution in [3.8, 4) is 22.4 Å². The molecular formula is C24H23F3N6O3. The summed E-state index contributed by atoms with van der Waals surface area (Å²) < 4.78 is 41.4. The Bertz CT molecular complexity index is 1280. The number of amides is 3. The number of hydrogen-bond donors (Lipinski definition) is 2. The van der Waals surface area contributed by atoms with E-state index >= 15 is 0 Å². The van der Waals surface area contributed by atoms with Crippen molar-refractivity contribution >= 4 is 17.6 Å². The third-order valence-corrected chi connectivity index (χ3v) is 5.70. The molecule has 0 aliphatic carbocycles. The van der Waals surface area contributed by atoms with Crippen molar-refractivity contribution in [2.75, 3.05) is 25.5 Å². The van der Waals surface area contributed by atoms with E-state index in [0.717, 1.165) is 11.1 Å². The van der Waals surface area contributed by atoms with Crippen LogP contribution in [-0.2, 0) is 4.74 Å². The lowest BCUT2D eigenvalue weighted by Gasteiger charge is -2.18. The third-order valence-electron chi connectivity index (χ3n) is 5.70. The molecule has 1 saturated heterocycles. The number of nitrogens with one attached hydrogen (secondary N) is 2. The molecule has 36 heavy (non-hydrogen) atoms. The minimum Gasteiger partial charge on any atom is -0.354 e. The number of carbonyl (C=O) groups is 2. The van der Waals surface area contributed by atoms with Crippen molar-refractivity contribution in [1.82, 2.24) is 25.4 Å². The van der Waals surface area contributed by atoms with Crippen LogP contribution in [0.25, 0.3) is 22.4 Å². The predicted molar refractivity (Wildman–Crippen MR) is 125 cm³/mol. The molecule has 12 heteroatoms. The molecule has 0 radical (unpaired) electrons. The van der Waals surface area contributed by atoms with Crippen molar-refractivity contribution in [3.05, 3.63) is 60.0 Å². The highest BCUT2D eigenvalue weighted by Crippen LogP contribution is 2.29. The Hall–Kier alpha value is -4.06. The molecule has 188 valence electrons. The summed E-state index contributed by atoms with van der Waals surface area (Å²) in [6.45, 7) is 1.88. The Balaban J connectivity index is 1.52. The van der Waals surface area contributed by atoms with Crippen LogP contribution in [0.15, 0.2) is 48.8 Å². The van der Waals surface area contributed by atoms with Gasteiger partial charge in [-0.3, -0.25) is 14.5 Å². The Morgan fingerprint density at radius 3 is 2.69 bits per heavy atom. The Kier molecular flexibility index (Phi) is 7.15. The van der Waals surface area contributed by atoms with Crippen LogP contribution in [0.3, 0.4) is 0 Å². The van der Waals surface area contributed by atoms with Gasteiger partial charge in [-0.05, 0) is 54.8 Å². The zero-order chi connectivity index (χ0) is 25.9. The molecule has 3 aromatic rings. The van der Waals surface area contributed by atoms with Gasteiger partial charge in [-0.25, -0.2) is 4.79 Å². The average Bonchev–Trinajstić information content (AvgIpc) is 3.32. The molecular weight excluding hydrogens is 477 g/mol. The molecule has 1 fully saturated rings. The van der Waals surface area contributed by atoms with Crippen LogP contribution < -0.4 is 10.6 Å². The molecule has 3 heterocycles. The molecule has 2 N–H and O–H groups in total. The second-order valence-corrected chi connectivity index (χ2v) is 8.22. The first kappa shape index (κ1) is 25.0. The van der Waals surface area contributed by atoms with Crippen LogP contribution in [0, 0.1) is 6.92 Å². The topological polar surface area (TPSA) is 109 Å². The molecule has 3 amide bonds. The number of halogens is 3. The van der Waals surface area contributed by atoms with E-state index in [1.807, 2.05) is 13.0 Å². The lowest BCUT2D eigenvalue weighted by Crippen LogP contribution is -2.35. The van der Waals surface area contributed by atoms with Gasteiger partial charge in [0, 0.05) is 43.1 Å². The number of hydrogen-bond acceptors (Lipinski definition) is 6. The summed E-state index contributed by atoms with van der Waals surface area (Å²) in [6, 6.07) is 9.92. The van der Waals surface area contributed by atoms with E-state index in [1.54, 1.807) is 36.5 Å². The number of carbonyl (C=O) groups excluding carboxylic acids is 2. The van der Waals surface area contributed by atoms with Gasteiger partial charge in [0.15, 0.2) is 0 Å². The summed E-state index contributed by atoms with van der Waals surface area (Å²) in [4.78, 5) is 29.9. The largest absolute Gasteiger partial charge is 0.522 e. The van der Waals surface area contributed by atoms with Gasteiger partial charge in [-0.15, -0.1) is 13.2 Å². The van der Waals surface area contributed by atoms with Crippen molar-refractivity contribution in [1.29, 1.82) is 0 Å². The quantitative estimate of drug-likeness (QED) is 0.548. The number of ether oxygens (including phenoxy) is 1. The highest BCUT2D eigenvalue weighted by atomic mass is 19.4. The molecule has 0 saturated carbocycles. The van der Waals surface area contributed by atoms with Crippen LogP contribution in [0.1, 0.15) is 22.5 Å². The first-order chi connectivity index (χ1) is 17.1. The van der Waals surface area contributed by atoms with Crippen molar-refractivity contribution < 1.29 is 27.5 Å². The maximum absolute atomic E-state index is 12.6. The number of urea groups is 1. The fourth-order valence-electron chi connectivity index (χ4n) is 3.89. The Morgan fingerprint density at radius 2 is 1.94 bits per heavy atom. The molecule has 1 aliphatic heterocycles. The predicted octanol–water partition coefficient (Wildman–Crippen LogP) is 4.02. The molecule has 4 rings (SSSR count). The molecule has 2 aromatic heterocycles. The zero-order valence-electron chi connectivity index (χ0n) is 19.5. The van der Waals surface area contributed by atoms with Crippen molar-refractivity contribution in [2.45, 2.75) is 25.8 Å². The highest BCUT2D eigenvalue weighted by molar-refractivity contribution is 5.93. The Labute approximate surface area is 204 Å². The highest BCUT2D eigenvalue weighted by Gasteiger charge is 2.37. The second-order valence-electron chi connectivity index (χ2n) is 8.22. The van der Waals surface area contributed by atoms with Gasteiger partial charge in [0.05, 0.1) is 18.0 Å². The number of alkyl halides is 3. The minimum absolute atomic E-state index is 0.102. The van der Waals surface area contributed by atoms with E-state index in [4.69, 9.17) is 0 Å². The SMILES string of the molecule is CNC(=O)c1cc(-c2cnnc(-c3cc(NC(=O)N4CC[C@@H](OC(F)(F)F)C4)ccc3C)c2)ccn1. The van der Waals surface area contributed by atoms with Gasteiger partial charge in [-0.2, -0.15) is 10.2 Å². The number of rotatable bonds is 5. The number of aromatic nitrogens is 3. The van der Waals surface area contributed by atoms with Gasteiger partial charge in [0.25, 0.3) is 5.91 Å². The summed E-state index contributed by atoms with van der Waals surface area (Å²) in [5, 5.41) is 13.6. The first-order valence-corrected chi connectivity index (χ1v) is 11.1. The molecule has 0 spiro atoms. The summed E-state index contributed by atoms with van der Waals surface area (Å²) in [7, 11) is 1.52. The molecule has 1 aromatic carbocycles. The van der Waals surface area contributed by atoms with Gasteiger partial charge in [0.2, 0.25) is 0 Å². The lowest BCUT2D eigenvalue weighted by atomic mass is 10.0. The van der Waals surface area contributed by atoms with Crippen LogP contribution in [0.4, 0.5) is 23.7 Å². The van der Waals surface area contributed by atoms with E-state index in [0.29, 0.717) is 22.5 Å². The van der Waals surface area contributed by atoms with E-state index < -0.39 is 18.5 Å². The van der Waals surface area contributed by atoms with E-state index in [2.05, 4.69) is 30.6 Å². The monoisotopic (exact) mass is 500 g/mol. The van der Waals surface area contributed by atoms with E-state index in [1.165, 1.54) is 18.1 Å². The summed E-state index contributed by atoms with van der Waals surface area (Å²) >= 11 is 0. The molecule has 0 bridgehead atoms. The third kappa shape index (κ3) is 5.95. The van der Waals surface area contributed by atoms with Gasteiger partial charge in [-0.1, -0.05) is 6.07 Å². The Morgan fingerprint density at radius 1 is 1.14 bits per heavy atom. The summed E-state index contributed by atoms with van der Waals surface area (Å²) in [5.74, 6) is -0.312. The van der Waals surface area contributed by atoms with Gasteiger partial charge in [0.1, 0.15) is 5.69 Å². The van der Waals surface area contributed by atoms with Crippen LogP contribution in [-0.4, -0.2) is 64.6 Å². The van der Waals surface area contributed by atoms with Gasteiger partial charge >= 0.3 is 12.4 Å². The minimum atomic E-state index is -4.74. The second kappa shape index (κ2) is 10.3. The number of aryl methyl sites for hydroxylation is 1. The lowest BCUT2D eigenvalue weighted by molar-refractivity contribution is -0.340. The van der Waals surface area contributed by atoms with E-state index in [9.17, 15) is 22.8 Å². The first-order valence-electron chi connectivity index (χ1n) is 11.1. The molecule has 0 unspecified atom stereocenters. The maximum Gasteiger partial charge on any atom is 0.522 e. The smallest absolute Gasteiger partial charge is 0.354 e. The standard InChI is InChI=1S/C24H23F3N6O3/c1-14-3-4-17(31-23(35)33-8-6-18(13-33)36-24(25,26)27)11-19(14)20-10-16(12-30-32-20)15-5-7-29-21(9-15)22(34)28-2/h3-5,7,9-12,18H,6,8,13H2,1-2H3,(H,28,34)(H,31,35)/t18-/m1/s1. The van der Waals surface area contributed by atoms with Crippen molar-refractivity contribution in [2.24, 2.45) is 0 Å². The molecule has 1 aliphatic rings. The fraction of sp³-hybridized carbons (Fsp3) is 0.292.